The molecule has 1 aromatic rings. The molecule has 0 aromatic heterocycles. The highest BCUT2D eigenvalue weighted by molar-refractivity contribution is 7.99. The Balaban J connectivity index is 2.04. The van der Waals surface area contributed by atoms with Gasteiger partial charge in [0.15, 0.2) is 5.78 Å². The summed E-state index contributed by atoms with van der Waals surface area (Å²) >= 11 is 1.96. The molecule has 1 aliphatic heterocycles. The summed E-state index contributed by atoms with van der Waals surface area (Å²) in [6.07, 6.45) is 0. The molecule has 4 heteroatoms. The summed E-state index contributed by atoms with van der Waals surface area (Å²) < 4.78 is 5.10. The first-order chi connectivity index (χ1) is 8.72. The number of carbonyl (C=O) groups excluding carboxylic acids is 1. The normalized spacial score (nSPS) is 18.3. The van der Waals surface area contributed by atoms with Gasteiger partial charge in [-0.15, -0.1) is 0 Å². The minimum absolute atomic E-state index is 0.0284. The Morgan fingerprint density at radius 3 is 2.44 bits per heavy atom. The molecule has 1 aliphatic rings. The Hall–Kier alpha value is -1.00. The highest BCUT2D eigenvalue weighted by atomic mass is 32.2. The summed E-state index contributed by atoms with van der Waals surface area (Å²) in [6.45, 7) is 4.02. The van der Waals surface area contributed by atoms with Crippen molar-refractivity contribution >= 4 is 17.5 Å². The van der Waals surface area contributed by atoms with E-state index in [1.165, 1.54) is 0 Å². The van der Waals surface area contributed by atoms with E-state index in [2.05, 4.69) is 4.90 Å². The number of ketones is 1. The lowest BCUT2D eigenvalue weighted by atomic mass is 10.0. The number of benzene rings is 1. The predicted molar refractivity (Wildman–Crippen MR) is 75.7 cm³/mol. The zero-order chi connectivity index (χ0) is 13.0. The lowest BCUT2D eigenvalue weighted by Crippen LogP contribution is -2.43. The van der Waals surface area contributed by atoms with Crippen LogP contribution in [0.3, 0.4) is 0 Å². The molecule has 1 unspecified atom stereocenters. The average Bonchev–Trinajstić information content (AvgIpc) is 2.47. The van der Waals surface area contributed by atoms with Gasteiger partial charge in [0.25, 0.3) is 0 Å². The second-order valence-corrected chi connectivity index (χ2v) is 5.64. The van der Waals surface area contributed by atoms with E-state index in [-0.39, 0.29) is 11.8 Å². The molecule has 0 bridgehead atoms. The van der Waals surface area contributed by atoms with Gasteiger partial charge in [-0.05, 0) is 31.2 Å². The van der Waals surface area contributed by atoms with Gasteiger partial charge < -0.3 is 4.74 Å². The van der Waals surface area contributed by atoms with Crippen LogP contribution in [-0.4, -0.2) is 48.4 Å². The molecule has 0 aliphatic carbocycles. The number of hydrogen-bond donors (Lipinski definition) is 0. The highest BCUT2D eigenvalue weighted by Gasteiger charge is 2.23. The van der Waals surface area contributed by atoms with Crippen molar-refractivity contribution in [2.45, 2.75) is 13.0 Å². The SMILES string of the molecule is COc1ccc(C(=O)C(C)N2CCSCC2)cc1. The number of Topliss-reactive ketones (excluding diaryl/α,β-unsaturated/α-hetero) is 1. The van der Waals surface area contributed by atoms with Crippen molar-refractivity contribution in [1.82, 2.24) is 4.90 Å². The molecule has 0 amide bonds. The first kappa shape index (κ1) is 13.4. The molecule has 18 heavy (non-hydrogen) atoms. The third kappa shape index (κ3) is 3.06. The van der Waals surface area contributed by atoms with Crippen LogP contribution in [0.15, 0.2) is 24.3 Å². The van der Waals surface area contributed by atoms with Crippen LogP contribution in [0.1, 0.15) is 17.3 Å². The Bertz CT molecular complexity index is 399. The highest BCUT2D eigenvalue weighted by Crippen LogP contribution is 2.17. The molecule has 0 spiro atoms. The maximum Gasteiger partial charge on any atom is 0.179 e. The second kappa shape index (κ2) is 6.25. The molecule has 3 nitrogen and oxygen atoms in total. The van der Waals surface area contributed by atoms with Crippen LogP contribution in [0.5, 0.6) is 5.75 Å². The fourth-order valence-corrected chi connectivity index (χ4v) is 3.06. The lowest BCUT2D eigenvalue weighted by molar-refractivity contribution is 0.0851. The van der Waals surface area contributed by atoms with Crippen LogP contribution in [0.25, 0.3) is 0 Å². The molecule has 98 valence electrons. The van der Waals surface area contributed by atoms with Crippen LogP contribution >= 0.6 is 11.8 Å². The van der Waals surface area contributed by atoms with Crippen molar-refractivity contribution in [2.75, 3.05) is 31.7 Å². The summed E-state index contributed by atoms with van der Waals surface area (Å²) in [4.78, 5) is 14.6. The van der Waals surface area contributed by atoms with E-state index in [9.17, 15) is 4.79 Å². The van der Waals surface area contributed by atoms with Crippen molar-refractivity contribution < 1.29 is 9.53 Å². The van der Waals surface area contributed by atoms with E-state index >= 15 is 0 Å². The Labute approximate surface area is 113 Å². The van der Waals surface area contributed by atoms with E-state index in [0.29, 0.717) is 0 Å². The summed E-state index contributed by atoms with van der Waals surface area (Å²) in [5.74, 6) is 3.23. The van der Waals surface area contributed by atoms with Gasteiger partial charge in [-0.1, -0.05) is 0 Å². The molecule has 0 radical (unpaired) electrons. The van der Waals surface area contributed by atoms with Crippen LogP contribution in [0.4, 0.5) is 0 Å². The summed E-state index contributed by atoms with van der Waals surface area (Å²) in [6, 6.07) is 7.34. The van der Waals surface area contributed by atoms with Crippen molar-refractivity contribution in [2.24, 2.45) is 0 Å². The van der Waals surface area contributed by atoms with Gasteiger partial charge in [0.05, 0.1) is 13.2 Å². The number of methoxy groups -OCH3 is 1. The van der Waals surface area contributed by atoms with Gasteiger partial charge in [-0.2, -0.15) is 11.8 Å². The van der Waals surface area contributed by atoms with E-state index in [1.807, 2.05) is 43.0 Å². The van der Waals surface area contributed by atoms with Gasteiger partial charge in [0.1, 0.15) is 5.75 Å². The summed E-state index contributed by atoms with van der Waals surface area (Å²) in [7, 11) is 1.63. The number of hydrogen-bond acceptors (Lipinski definition) is 4. The quantitative estimate of drug-likeness (QED) is 0.781. The van der Waals surface area contributed by atoms with E-state index in [4.69, 9.17) is 4.74 Å². The standard InChI is InChI=1S/C14H19NO2S/c1-11(15-7-9-18-10-8-15)14(16)12-3-5-13(17-2)6-4-12/h3-6,11H,7-10H2,1-2H3. The first-order valence-corrected chi connectivity index (χ1v) is 7.38. The van der Waals surface area contributed by atoms with Crippen molar-refractivity contribution in [1.29, 1.82) is 0 Å². The topological polar surface area (TPSA) is 29.5 Å². The van der Waals surface area contributed by atoms with Gasteiger partial charge in [-0.25, -0.2) is 0 Å². The summed E-state index contributed by atoms with van der Waals surface area (Å²) in [5, 5.41) is 0. The summed E-state index contributed by atoms with van der Waals surface area (Å²) in [5.41, 5.74) is 0.765. The number of nitrogens with zero attached hydrogens (tertiary/aromatic N) is 1. The molecule has 1 aromatic carbocycles. The number of thioether (sulfide) groups is 1. The van der Waals surface area contributed by atoms with Crippen LogP contribution in [0, 0.1) is 0 Å². The molecular weight excluding hydrogens is 246 g/mol. The van der Waals surface area contributed by atoms with E-state index in [0.717, 1.165) is 35.9 Å². The maximum absolute atomic E-state index is 12.4. The molecule has 1 fully saturated rings. The Morgan fingerprint density at radius 2 is 1.89 bits per heavy atom. The number of carbonyl (C=O) groups is 1. The minimum atomic E-state index is -0.0284. The predicted octanol–water partition coefficient (Wildman–Crippen LogP) is 2.32. The third-order valence-corrected chi connectivity index (χ3v) is 4.29. The monoisotopic (exact) mass is 265 g/mol. The second-order valence-electron chi connectivity index (χ2n) is 4.42. The fourth-order valence-electron chi connectivity index (χ4n) is 2.13. The van der Waals surface area contributed by atoms with Gasteiger partial charge >= 0.3 is 0 Å². The molecule has 1 atom stereocenters. The first-order valence-electron chi connectivity index (χ1n) is 6.22. The molecular formula is C14H19NO2S. The molecule has 0 N–H and O–H groups in total. The maximum atomic E-state index is 12.4. The molecule has 2 rings (SSSR count). The van der Waals surface area contributed by atoms with Crippen molar-refractivity contribution in [3.63, 3.8) is 0 Å². The van der Waals surface area contributed by atoms with E-state index in [1.54, 1.807) is 7.11 Å². The van der Waals surface area contributed by atoms with Crippen LogP contribution in [-0.2, 0) is 0 Å². The third-order valence-electron chi connectivity index (χ3n) is 3.35. The van der Waals surface area contributed by atoms with Crippen LogP contribution < -0.4 is 4.74 Å². The largest absolute Gasteiger partial charge is 0.497 e. The Kier molecular flexibility index (Phi) is 4.66. The zero-order valence-corrected chi connectivity index (χ0v) is 11.7. The molecule has 0 saturated carbocycles. The van der Waals surface area contributed by atoms with E-state index < -0.39 is 0 Å². The zero-order valence-electron chi connectivity index (χ0n) is 10.9. The van der Waals surface area contributed by atoms with Crippen molar-refractivity contribution in [3.05, 3.63) is 29.8 Å². The molecule has 1 saturated heterocycles. The lowest BCUT2D eigenvalue weighted by Gasteiger charge is -2.31. The number of rotatable bonds is 4. The minimum Gasteiger partial charge on any atom is -0.497 e. The van der Waals surface area contributed by atoms with Gasteiger partial charge in [0.2, 0.25) is 0 Å². The van der Waals surface area contributed by atoms with Crippen LogP contribution in [0.2, 0.25) is 0 Å². The number of ether oxygens (including phenoxy) is 1. The Morgan fingerprint density at radius 1 is 1.28 bits per heavy atom. The van der Waals surface area contributed by atoms with Crippen molar-refractivity contribution in [3.8, 4) is 5.75 Å². The fraction of sp³-hybridized carbons (Fsp3) is 0.500. The smallest absolute Gasteiger partial charge is 0.179 e. The average molecular weight is 265 g/mol. The van der Waals surface area contributed by atoms with Gasteiger partial charge in [-0.3, -0.25) is 9.69 Å². The molecule has 1 heterocycles. The van der Waals surface area contributed by atoms with Gasteiger partial charge in [0, 0.05) is 30.2 Å².